The highest BCUT2D eigenvalue weighted by molar-refractivity contribution is 5.83. The summed E-state index contributed by atoms with van der Waals surface area (Å²) in [4.78, 5) is 2.40. The van der Waals surface area contributed by atoms with E-state index in [0.29, 0.717) is 11.5 Å². The van der Waals surface area contributed by atoms with E-state index in [-0.39, 0.29) is 5.82 Å². The summed E-state index contributed by atoms with van der Waals surface area (Å²) in [5, 5.41) is 8.67. The largest absolute Gasteiger partial charge is 0.359 e. The van der Waals surface area contributed by atoms with Gasteiger partial charge in [0.1, 0.15) is 11.6 Å². The average molecular weight is 376 g/mol. The maximum absolute atomic E-state index is 13.5. The first-order chi connectivity index (χ1) is 13.7. The van der Waals surface area contributed by atoms with Crippen LogP contribution >= 0.6 is 0 Å². The van der Waals surface area contributed by atoms with Crippen molar-refractivity contribution in [1.29, 1.82) is 0 Å². The summed E-state index contributed by atoms with van der Waals surface area (Å²) in [6.07, 6.45) is 3.03. The van der Waals surface area contributed by atoms with E-state index in [1.165, 1.54) is 28.6 Å². The van der Waals surface area contributed by atoms with E-state index in [9.17, 15) is 4.39 Å². The molecule has 0 fully saturated rings. The molecular formula is C22H21FN4O. The van der Waals surface area contributed by atoms with Crippen LogP contribution in [-0.4, -0.2) is 21.2 Å². The van der Waals surface area contributed by atoms with E-state index >= 15 is 0 Å². The number of aryl methyl sites for hydroxylation is 1. The van der Waals surface area contributed by atoms with Crippen LogP contribution in [0.4, 0.5) is 15.9 Å². The first-order valence-corrected chi connectivity index (χ1v) is 9.43. The summed E-state index contributed by atoms with van der Waals surface area (Å²) in [5.41, 5.74) is 4.28. The predicted octanol–water partition coefficient (Wildman–Crippen LogP) is 4.61. The number of benzene rings is 2. The summed E-state index contributed by atoms with van der Waals surface area (Å²) in [6.45, 7) is 2.54. The number of rotatable bonds is 4. The molecule has 2 aromatic heterocycles. The average Bonchev–Trinajstić information content (AvgIpc) is 3.23. The molecule has 1 N–H and O–H groups in total. The Morgan fingerprint density at radius 1 is 1.18 bits per heavy atom. The third-order valence-corrected chi connectivity index (χ3v) is 5.37. The molecule has 2 aromatic carbocycles. The molecule has 5 rings (SSSR count). The second kappa shape index (κ2) is 6.80. The fourth-order valence-corrected chi connectivity index (χ4v) is 3.99. The van der Waals surface area contributed by atoms with E-state index in [2.05, 4.69) is 57.5 Å². The molecular weight excluding hydrogens is 355 g/mol. The highest BCUT2D eigenvalue weighted by Gasteiger charge is 2.25. The summed E-state index contributed by atoms with van der Waals surface area (Å²) in [7, 11) is 2.08. The van der Waals surface area contributed by atoms with Crippen molar-refractivity contribution in [1.82, 2.24) is 14.6 Å². The van der Waals surface area contributed by atoms with Gasteiger partial charge in [-0.1, -0.05) is 29.4 Å². The summed E-state index contributed by atoms with van der Waals surface area (Å²) >= 11 is 0. The van der Waals surface area contributed by atoms with Crippen molar-refractivity contribution in [2.24, 2.45) is 7.05 Å². The maximum atomic E-state index is 13.5. The van der Waals surface area contributed by atoms with Gasteiger partial charge in [-0.2, -0.15) is 0 Å². The Labute approximate surface area is 162 Å². The van der Waals surface area contributed by atoms with Crippen molar-refractivity contribution < 1.29 is 8.91 Å². The Morgan fingerprint density at radius 3 is 2.96 bits per heavy atom. The van der Waals surface area contributed by atoms with Gasteiger partial charge in [0.2, 0.25) is 0 Å². The molecule has 0 spiro atoms. The van der Waals surface area contributed by atoms with E-state index in [1.54, 1.807) is 6.07 Å². The topological polar surface area (TPSA) is 46.2 Å². The smallest absolute Gasteiger partial charge is 0.178 e. The Kier molecular flexibility index (Phi) is 4.13. The minimum absolute atomic E-state index is 0.278. The monoisotopic (exact) mass is 376 g/mol. The number of fused-ring (bicyclic) bond motifs is 2. The first kappa shape index (κ1) is 17.0. The van der Waals surface area contributed by atoms with Gasteiger partial charge in [-0.25, -0.2) is 4.39 Å². The number of nitrogens with zero attached hydrogens (tertiary/aromatic N) is 3. The van der Waals surface area contributed by atoms with Crippen molar-refractivity contribution in [3.8, 4) is 0 Å². The van der Waals surface area contributed by atoms with Crippen molar-refractivity contribution >= 4 is 22.4 Å². The van der Waals surface area contributed by atoms with Crippen LogP contribution in [0.15, 0.2) is 59.3 Å². The van der Waals surface area contributed by atoms with E-state index in [4.69, 9.17) is 4.52 Å². The second-order valence-corrected chi connectivity index (χ2v) is 7.31. The van der Waals surface area contributed by atoms with Crippen LogP contribution in [0, 0.1) is 5.82 Å². The minimum atomic E-state index is -0.278. The lowest BCUT2D eigenvalue weighted by Gasteiger charge is -2.25. The molecule has 28 heavy (non-hydrogen) atoms. The number of anilines is 2. The van der Waals surface area contributed by atoms with Crippen LogP contribution in [0.3, 0.4) is 0 Å². The lowest BCUT2D eigenvalue weighted by atomic mass is 10.1. The molecule has 0 radical (unpaired) electrons. The van der Waals surface area contributed by atoms with Gasteiger partial charge in [-0.15, -0.1) is 0 Å². The van der Waals surface area contributed by atoms with Crippen molar-refractivity contribution in [3.05, 3.63) is 77.4 Å². The molecule has 0 bridgehead atoms. The molecule has 0 atom stereocenters. The minimum Gasteiger partial charge on any atom is -0.359 e. The number of hydrogen-bond acceptors (Lipinski definition) is 4. The number of halogens is 1. The molecule has 0 aliphatic carbocycles. The predicted molar refractivity (Wildman–Crippen MR) is 107 cm³/mol. The maximum Gasteiger partial charge on any atom is 0.178 e. The number of nitrogens with one attached hydrogen (secondary N) is 1. The number of hydrogen-bond donors (Lipinski definition) is 1. The van der Waals surface area contributed by atoms with Crippen molar-refractivity contribution in [3.63, 3.8) is 0 Å². The zero-order chi connectivity index (χ0) is 19.1. The van der Waals surface area contributed by atoms with Crippen LogP contribution in [0.25, 0.3) is 10.9 Å². The molecule has 3 heterocycles. The van der Waals surface area contributed by atoms with Crippen LogP contribution in [0.1, 0.15) is 16.9 Å². The Bertz CT molecular complexity index is 1150. The molecule has 4 aromatic rings. The van der Waals surface area contributed by atoms with Crippen LogP contribution < -0.4 is 5.32 Å². The molecule has 0 saturated heterocycles. The molecule has 0 amide bonds. The van der Waals surface area contributed by atoms with Crippen LogP contribution in [-0.2, 0) is 26.6 Å². The van der Waals surface area contributed by atoms with Gasteiger partial charge in [-0.3, -0.25) is 4.90 Å². The van der Waals surface area contributed by atoms with E-state index in [0.717, 1.165) is 37.4 Å². The molecule has 6 heteroatoms. The van der Waals surface area contributed by atoms with Gasteiger partial charge in [-0.05, 0) is 29.8 Å². The quantitative estimate of drug-likeness (QED) is 0.565. The highest BCUT2D eigenvalue weighted by Crippen LogP contribution is 2.30. The molecule has 1 aliphatic rings. The Morgan fingerprint density at radius 2 is 2.07 bits per heavy atom. The lowest BCUT2D eigenvalue weighted by Crippen LogP contribution is -2.29. The fraction of sp³-hybridized carbons (Fsp3) is 0.227. The third-order valence-electron chi connectivity index (χ3n) is 5.37. The first-order valence-electron chi connectivity index (χ1n) is 9.43. The second-order valence-electron chi connectivity index (χ2n) is 7.31. The van der Waals surface area contributed by atoms with Gasteiger partial charge in [0.05, 0.1) is 5.56 Å². The zero-order valence-corrected chi connectivity index (χ0v) is 15.7. The summed E-state index contributed by atoms with van der Waals surface area (Å²) < 4.78 is 21.2. The lowest BCUT2D eigenvalue weighted by molar-refractivity contribution is 0.229. The third kappa shape index (κ3) is 3.05. The van der Waals surface area contributed by atoms with Gasteiger partial charge in [0.15, 0.2) is 5.82 Å². The highest BCUT2D eigenvalue weighted by atomic mass is 19.1. The summed E-state index contributed by atoms with van der Waals surface area (Å²) in [6, 6.07) is 14.9. The van der Waals surface area contributed by atoms with Crippen LogP contribution in [0.5, 0.6) is 0 Å². The molecule has 0 saturated carbocycles. The Balaban J connectivity index is 1.38. The van der Waals surface area contributed by atoms with Gasteiger partial charge in [0, 0.05) is 55.9 Å². The van der Waals surface area contributed by atoms with Crippen molar-refractivity contribution in [2.75, 3.05) is 11.9 Å². The SMILES string of the molecule is Cn1cc(CN2CCc3onc(Nc4cccc(F)c4)c3C2)c2ccccc21. The van der Waals surface area contributed by atoms with Crippen LogP contribution in [0.2, 0.25) is 0 Å². The molecule has 0 unspecified atom stereocenters. The van der Waals surface area contributed by atoms with Crippen molar-refractivity contribution in [2.45, 2.75) is 19.5 Å². The van der Waals surface area contributed by atoms with Gasteiger partial charge < -0.3 is 14.4 Å². The molecule has 5 nitrogen and oxygen atoms in total. The number of para-hydroxylation sites is 1. The van der Waals surface area contributed by atoms with Gasteiger partial charge >= 0.3 is 0 Å². The molecule has 1 aliphatic heterocycles. The Hall–Kier alpha value is -3.12. The van der Waals surface area contributed by atoms with E-state index < -0.39 is 0 Å². The normalized spacial score (nSPS) is 14.4. The standard InChI is InChI=1S/C22H21FN4O/c1-26-12-15(18-7-2-3-8-20(18)26)13-27-10-9-21-19(14-27)22(25-28-21)24-17-6-4-5-16(23)11-17/h2-8,11-12H,9-10,13-14H2,1H3,(H,24,25). The number of aromatic nitrogens is 2. The summed E-state index contributed by atoms with van der Waals surface area (Å²) in [5.74, 6) is 1.30. The van der Waals surface area contributed by atoms with Gasteiger partial charge in [0.25, 0.3) is 0 Å². The fourth-order valence-electron chi connectivity index (χ4n) is 3.99. The zero-order valence-electron chi connectivity index (χ0n) is 15.7. The molecule has 142 valence electrons. The van der Waals surface area contributed by atoms with E-state index in [1.807, 2.05) is 6.07 Å².